The molecule has 0 heterocycles. The highest BCUT2D eigenvalue weighted by Gasteiger charge is 2.36. The third kappa shape index (κ3) is 3.98. The lowest BCUT2D eigenvalue weighted by Gasteiger charge is -2.13. The van der Waals surface area contributed by atoms with Crippen molar-refractivity contribution < 1.29 is 35.1 Å². The number of rotatable bonds is 2. The van der Waals surface area contributed by atoms with Crippen LogP contribution in [0.1, 0.15) is 16.7 Å². The van der Waals surface area contributed by atoms with Crippen LogP contribution in [0.2, 0.25) is 0 Å². The van der Waals surface area contributed by atoms with Gasteiger partial charge < -0.3 is 4.55 Å². The Morgan fingerprint density at radius 2 is 1.33 bits per heavy atom. The Kier molecular flexibility index (Phi) is 4.06. The van der Waals surface area contributed by atoms with Gasteiger partial charge in [-0.2, -0.15) is 26.3 Å². The van der Waals surface area contributed by atoms with Gasteiger partial charge in [-0.3, -0.25) is 0 Å². The molecule has 102 valence electrons. The molecule has 1 aromatic rings. The fourth-order valence-electron chi connectivity index (χ4n) is 1.25. The van der Waals surface area contributed by atoms with Gasteiger partial charge in [0.25, 0.3) is 0 Å². The van der Waals surface area contributed by atoms with E-state index in [9.17, 15) is 30.6 Å². The van der Waals surface area contributed by atoms with Crippen molar-refractivity contribution in [3.63, 3.8) is 0 Å². The van der Waals surface area contributed by atoms with Gasteiger partial charge in [0.05, 0.1) is 16.9 Å². The van der Waals surface area contributed by atoms with Crippen LogP contribution in [0, 0.1) is 0 Å². The van der Waals surface area contributed by atoms with Gasteiger partial charge in [-0.05, 0) is 23.8 Å². The van der Waals surface area contributed by atoms with E-state index in [0.717, 1.165) is 0 Å². The predicted molar refractivity (Wildman–Crippen MR) is 50.9 cm³/mol. The molecule has 0 saturated carbocycles. The average Bonchev–Trinajstić information content (AvgIpc) is 2.13. The second kappa shape index (κ2) is 4.88. The van der Waals surface area contributed by atoms with Gasteiger partial charge in [0.2, 0.25) is 0 Å². The van der Waals surface area contributed by atoms with Crippen LogP contribution in [0.4, 0.5) is 26.3 Å². The number of hydrogen-bond donors (Lipinski definition) is 1. The number of benzene rings is 1. The van der Waals surface area contributed by atoms with Crippen molar-refractivity contribution in [2.24, 2.45) is 0 Å². The quantitative estimate of drug-likeness (QED) is 0.669. The zero-order chi connectivity index (χ0) is 14.1. The molecule has 0 aliphatic heterocycles. The molecule has 1 aromatic carbocycles. The Morgan fingerprint density at radius 1 is 0.944 bits per heavy atom. The third-order valence-electron chi connectivity index (χ3n) is 1.94. The molecule has 0 bridgehead atoms. The van der Waals surface area contributed by atoms with E-state index < -0.39 is 45.9 Å². The fourth-order valence-corrected chi connectivity index (χ4v) is 1.70. The summed E-state index contributed by atoms with van der Waals surface area (Å²) >= 11 is -2.52. The van der Waals surface area contributed by atoms with Gasteiger partial charge in [-0.15, -0.1) is 0 Å². The van der Waals surface area contributed by atoms with E-state index in [1.165, 1.54) is 0 Å². The lowest BCUT2D eigenvalue weighted by Crippen LogP contribution is -2.12. The average molecular weight is 292 g/mol. The fraction of sp³-hybridized carbons (Fsp3) is 0.333. The highest BCUT2D eigenvalue weighted by atomic mass is 32.2. The number of halogens is 6. The number of alkyl halides is 6. The Hall–Kier alpha value is -1.09. The van der Waals surface area contributed by atoms with Gasteiger partial charge >= 0.3 is 12.4 Å². The highest BCUT2D eigenvalue weighted by Crippen LogP contribution is 2.36. The van der Waals surface area contributed by atoms with Crippen molar-refractivity contribution in [2.75, 3.05) is 0 Å². The maximum Gasteiger partial charge on any atom is 0.416 e. The van der Waals surface area contributed by atoms with E-state index in [2.05, 4.69) is 0 Å². The summed E-state index contributed by atoms with van der Waals surface area (Å²) in [6.45, 7) is 0. The van der Waals surface area contributed by atoms with Crippen LogP contribution in [0.5, 0.6) is 0 Å². The molecule has 2 nitrogen and oxygen atoms in total. The molecule has 0 amide bonds. The minimum atomic E-state index is -4.95. The van der Waals surface area contributed by atoms with Crippen LogP contribution in [-0.4, -0.2) is 8.76 Å². The molecule has 9 heteroatoms. The van der Waals surface area contributed by atoms with E-state index in [0.29, 0.717) is 12.1 Å². The Balaban J connectivity index is 3.34. The molecule has 0 aliphatic carbocycles. The van der Waals surface area contributed by atoms with E-state index in [1.807, 2.05) is 0 Å². The van der Waals surface area contributed by atoms with Crippen LogP contribution >= 0.6 is 0 Å². The molecule has 1 N–H and O–H groups in total. The van der Waals surface area contributed by atoms with Gasteiger partial charge in [-0.25, -0.2) is 4.21 Å². The first kappa shape index (κ1) is 15.0. The number of hydrogen-bond acceptors (Lipinski definition) is 1. The van der Waals surface area contributed by atoms with Crippen molar-refractivity contribution in [1.29, 1.82) is 0 Å². The summed E-state index contributed by atoms with van der Waals surface area (Å²) in [5.74, 6) is -0.799. The predicted octanol–water partition coefficient (Wildman–Crippen LogP) is 3.45. The SMILES string of the molecule is O=S(O)Cc1cc(C(F)(F)F)cc(C(F)(F)F)c1. The van der Waals surface area contributed by atoms with Crippen LogP contribution in [-0.2, 0) is 29.2 Å². The van der Waals surface area contributed by atoms with Gasteiger partial charge in [0.1, 0.15) is 0 Å². The lowest BCUT2D eigenvalue weighted by molar-refractivity contribution is -0.143. The van der Waals surface area contributed by atoms with Crippen molar-refractivity contribution in [3.8, 4) is 0 Å². The molecule has 1 atom stereocenters. The first-order valence-corrected chi connectivity index (χ1v) is 5.63. The molecule has 0 aromatic heterocycles. The molecule has 1 rings (SSSR count). The Labute approximate surface area is 99.9 Å². The Morgan fingerprint density at radius 3 is 1.61 bits per heavy atom. The second-order valence-electron chi connectivity index (χ2n) is 3.38. The first-order valence-electron chi connectivity index (χ1n) is 4.36. The molecular formula is C9H6F6O2S. The van der Waals surface area contributed by atoms with Gasteiger partial charge in [-0.1, -0.05) is 0 Å². The summed E-state index contributed by atoms with van der Waals surface area (Å²) in [5, 5.41) is 0. The minimum absolute atomic E-state index is 0.0379. The monoisotopic (exact) mass is 292 g/mol. The van der Waals surface area contributed by atoms with Crippen molar-refractivity contribution in [1.82, 2.24) is 0 Å². The van der Waals surface area contributed by atoms with E-state index in [1.54, 1.807) is 0 Å². The highest BCUT2D eigenvalue weighted by molar-refractivity contribution is 7.78. The smallest absolute Gasteiger partial charge is 0.306 e. The summed E-state index contributed by atoms with van der Waals surface area (Å²) in [6.07, 6.45) is -9.90. The standard InChI is InChI=1S/C9H6F6O2S/c10-8(11,12)6-1-5(4-18(16)17)2-7(3-6)9(13,14)15/h1-3H,4H2,(H,16,17). The molecule has 0 radical (unpaired) electrons. The van der Waals surface area contributed by atoms with Gasteiger partial charge in [0, 0.05) is 0 Å². The molecule has 0 fully saturated rings. The Bertz CT molecular complexity index is 433. The largest absolute Gasteiger partial charge is 0.416 e. The summed E-state index contributed by atoms with van der Waals surface area (Å²) in [4.78, 5) is 0. The van der Waals surface area contributed by atoms with E-state index in [-0.39, 0.29) is 6.07 Å². The van der Waals surface area contributed by atoms with Crippen LogP contribution in [0.15, 0.2) is 18.2 Å². The van der Waals surface area contributed by atoms with Crippen molar-refractivity contribution >= 4 is 11.1 Å². The molecule has 0 spiro atoms. The summed E-state index contributed by atoms with van der Waals surface area (Å²) < 4.78 is 93.1. The molecule has 18 heavy (non-hydrogen) atoms. The van der Waals surface area contributed by atoms with E-state index in [4.69, 9.17) is 4.55 Å². The van der Waals surface area contributed by atoms with Crippen LogP contribution in [0.3, 0.4) is 0 Å². The third-order valence-corrected chi connectivity index (χ3v) is 2.52. The maximum atomic E-state index is 12.4. The topological polar surface area (TPSA) is 37.3 Å². The summed E-state index contributed by atoms with van der Waals surface area (Å²) in [5.41, 5.74) is -3.51. The van der Waals surface area contributed by atoms with Crippen LogP contribution < -0.4 is 0 Å². The first-order chi connectivity index (χ1) is 8.00. The summed E-state index contributed by atoms with van der Waals surface area (Å²) in [7, 11) is 0. The molecule has 0 aliphatic rings. The van der Waals surface area contributed by atoms with E-state index >= 15 is 0 Å². The molecule has 0 saturated heterocycles. The molecule has 1 unspecified atom stereocenters. The van der Waals surface area contributed by atoms with Crippen molar-refractivity contribution in [2.45, 2.75) is 18.1 Å². The zero-order valence-electron chi connectivity index (χ0n) is 8.47. The zero-order valence-corrected chi connectivity index (χ0v) is 9.29. The summed E-state index contributed by atoms with van der Waals surface area (Å²) in [6, 6.07) is 0.802. The molecular weight excluding hydrogens is 286 g/mol. The van der Waals surface area contributed by atoms with Crippen LogP contribution in [0.25, 0.3) is 0 Å². The maximum absolute atomic E-state index is 12.4. The normalized spacial score (nSPS) is 14.6. The second-order valence-corrected chi connectivity index (χ2v) is 4.31. The van der Waals surface area contributed by atoms with Crippen molar-refractivity contribution in [3.05, 3.63) is 34.9 Å². The minimum Gasteiger partial charge on any atom is -0.306 e. The van der Waals surface area contributed by atoms with Gasteiger partial charge in [0.15, 0.2) is 11.1 Å². The lowest BCUT2D eigenvalue weighted by atomic mass is 10.1.